The number of hydrogen-bond acceptors (Lipinski definition) is 5. The maximum atomic E-state index is 14.8. The number of carbonyl (C=O) groups excluding carboxylic acids is 2. The Labute approximate surface area is 203 Å². The van der Waals surface area contributed by atoms with Crippen molar-refractivity contribution in [3.05, 3.63) is 71.9 Å². The summed E-state index contributed by atoms with van der Waals surface area (Å²) in [5.74, 6) is -1.18. The summed E-state index contributed by atoms with van der Waals surface area (Å²) < 4.78 is 53.8. The van der Waals surface area contributed by atoms with Crippen LogP contribution in [0.4, 0.5) is 23.4 Å². The third kappa shape index (κ3) is 4.18. The van der Waals surface area contributed by atoms with Crippen molar-refractivity contribution in [2.75, 3.05) is 11.4 Å². The number of pyridine rings is 1. The maximum Gasteiger partial charge on any atom is 0.417 e. The van der Waals surface area contributed by atoms with E-state index >= 15 is 0 Å². The monoisotopic (exact) mass is 499 g/mol. The third-order valence-corrected chi connectivity index (χ3v) is 6.74. The summed E-state index contributed by atoms with van der Waals surface area (Å²) in [6.45, 7) is 1.74. The Bertz CT molecular complexity index is 1300. The molecule has 1 aliphatic carbocycles. The molecular weight excluding hydrogens is 478 g/mol. The van der Waals surface area contributed by atoms with E-state index in [2.05, 4.69) is 15.0 Å². The summed E-state index contributed by atoms with van der Waals surface area (Å²) in [6.07, 6.45) is 0.257. The zero-order chi connectivity index (χ0) is 25.6. The minimum Gasteiger partial charge on any atom is -0.333 e. The van der Waals surface area contributed by atoms with E-state index in [1.165, 1.54) is 48.5 Å². The Hall–Kier alpha value is -3.89. The zero-order valence-corrected chi connectivity index (χ0v) is 19.1. The molecular formula is C25H21F4N5O2. The molecule has 2 aliphatic rings. The van der Waals surface area contributed by atoms with Gasteiger partial charge in [0.05, 0.1) is 28.8 Å². The van der Waals surface area contributed by atoms with Gasteiger partial charge in [-0.3, -0.25) is 14.5 Å². The number of rotatable bonds is 4. The first-order valence-electron chi connectivity index (χ1n) is 11.3. The fourth-order valence-electron chi connectivity index (χ4n) is 5.28. The second-order valence-corrected chi connectivity index (χ2v) is 8.96. The molecule has 2 bridgehead atoms. The molecule has 3 heterocycles. The molecule has 1 saturated heterocycles. The third-order valence-electron chi connectivity index (χ3n) is 6.74. The van der Waals surface area contributed by atoms with Crippen molar-refractivity contribution in [1.29, 1.82) is 0 Å². The number of aromatic nitrogens is 3. The lowest BCUT2D eigenvalue weighted by Gasteiger charge is -2.39. The van der Waals surface area contributed by atoms with Crippen molar-refractivity contribution < 1.29 is 27.2 Å². The standard InChI is InChI=1S/C25H21F4N5O2/c1-14(35)34(21-7-6-16(12-32-21)25(27,28)29)20-11-15-10-19(20)33(13-15)24(36)17-4-2-5-18(26)22(17)23-30-8-3-9-31-23/h2-9,12,15,19-20H,10-11,13H2,1H3/t15-,19-,20+/m0/s1. The van der Waals surface area contributed by atoms with Crippen LogP contribution in [0.15, 0.2) is 55.0 Å². The van der Waals surface area contributed by atoms with E-state index in [1.807, 2.05) is 0 Å². The van der Waals surface area contributed by atoms with Crippen molar-refractivity contribution in [2.24, 2.45) is 5.92 Å². The van der Waals surface area contributed by atoms with E-state index < -0.39 is 41.5 Å². The first-order chi connectivity index (χ1) is 17.1. The molecule has 1 aromatic carbocycles. The lowest BCUT2D eigenvalue weighted by atomic mass is 10.00. The smallest absolute Gasteiger partial charge is 0.333 e. The molecule has 186 valence electrons. The summed E-state index contributed by atoms with van der Waals surface area (Å²) >= 11 is 0. The van der Waals surface area contributed by atoms with Crippen molar-refractivity contribution in [3.63, 3.8) is 0 Å². The SMILES string of the molecule is CC(=O)N(c1ccc(C(F)(F)F)cn1)[C@@H]1C[C@@H]2C[C@@H]1N(C(=O)c1cccc(F)c1-c1ncccn1)C2. The van der Waals surface area contributed by atoms with Gasteiger partial charge in [-0.2, -0.15) is 13.2 Å². The number of halogens is 4. The first kappa shape index (κ1) is 23.8. The topological polar surface area (TPSA) is 79.3 Å². The molecule has 3 atom stereocenters. The molecule has 1 aliphatic heterocycles. The van der Waals surface area contributed by atoms with Gasteiger partial charge in [0, 0.05) is 32.1 Å². The summed E-state index contributed by atoms with van der Waals surface area (Å²) in [5.41, 5.74) is -0.814. The Morgan fingerprint density at radius 2 is 1.78 bits per heavy atom. The molecule has 2 fully saturated rings. The predicted molar refractivity (Wildman–Crippen MR) is 121 cm³/mol. The molecule has 0 N–H and O–H groups in total. The summed E-state index contributed by atoms with van der Waals surface area (Å²) in [5, 5.41) is 0. The van der Waals surface area contributed by atoms with Gasteiger partial charge in [-0.1, -0.05) is 6.07 Å². The highest BCUT2D eigenvalue weighted by Gasteiger charge is 2.50. The first-order valence-corrected chi connectivity index (χ1v) is 11.3. The summed E-state index contributed by atoms with van der Waals surface area (Å²) in [4.78, 5) is 41.3. The number of carbonyl (C=O) groups is 2. The molecule has 2 aromatic heterocycles. The van der Waals surface area contributed by atoms with Gasteiger partial charge in [0.1, 0.15) is 11.6 Å². The average molecular weight is 499 g/mol. The van der Waals surface area contributed by atoms with Crippen molar-refractivity contribution in [3.8, 4) is 11.4 Å². The van der Waals surface area contributed by atoms with Crippen LogP contribution in [0.2, 0.25) is 0 Å². The molecule has 1 saturated carbocycles. The average Bonchev–Trinajstić information content (AvgIpc) is 3.45. The molecule has 11 heteroatoms. The Kier molecular flexibility index (Phi) is 5.93. The van der Waals surface area contributed by atoms with Gasteiger partial charge >= 0.3 is 6.18 Å². The second-order valence-electron chi connectivity index (χ2n) is 8.96. The zero-order valence-electron chi connectivity index (χ0n) is 19.1. The Morgan fingerprint density at radius 1 is 1.03 bits per heavy atom. The molecule has 0 unspecified atom stereocenters. The number of amides is 2. The van der Waals surface area contributed by atoms with E-state index in [-0.39, 0.29) is 28.7 Å². The van der Waals surface area contributed by atoms with Crippen LogP contribution in [0.5, 0.6) is 0 Å². The van der Waals surface area contributed by atoms with E-state index in [0.29, 0.717) is 25.6 Å². The van der Waals surface area contributed by atoms with E-state index in [1.54, 1.807) is 11.0 Å². The highest BCUT2D eigenvalue weighted by atomic mass is 19.4. The van der Waals surface area contributed by atoms with Gasteiger partial charge in [-0.05, 0) is 49.1 Å². The minimum atomic E-state index is -4.55. The summed E-state index contributed by atoms with van der Waals surface area (Å²) in [6, 6.07) is 6.94. The van der Waals surface area contributed by atoms with Crippen molar-refractivity contribution in [1.82, 2.24) is 19.9 Å². The van der Waals surface area contributed by atoms with E-state index in [0.717, 1.165) is 6.07 Å². The van der Waals surface area contributed by atoms with Crippen LogP contribution in [0, 0.1) is 11.7 Å². The minimum absolute atomic E-state index is 0.00439. The number of fused-ring (bicyclic) bond motifs is 2. The Morgan fingerprint density at radius 3 is 2.39 bits per heavy atom. The maximum absolute atomic E-state index is 14.8. The number of nitrogens with zero attached hydrogens (tertiary/aromatic N) is 5. The largest absolute Gasteiger partial charge is 0.417 e. The molecule has 0 spiro atoms. The molecule has 0 radical (unpaired) electrons. The number of alkyl halides is 3. The van der Waals surface area contributed by atoms with Crippen LogP contribution in [0.3, 0.4) is 0 Å². The number of benzene rings is 1. The van der Waals surface area contributed by atoms with E-state index in [4.69, 9.17) is 0 Å². The fraction of sp³-hybridized carbons (Fsp3) is 0.320. The van der Waals surface area contributed by atoms with Crippen molar-refractivity contribution >= 4 is 17.6 Å². The highest BCUT2D eigenvalue weighted by Crippen LogP contribution is 2.43. The van der Waals surface area contributed by atoms with Gasteiger partial charge in [0.15, 0.2) is 5.82 Å². The van der Waals surface area contributed by atoms with E-state index in [9.17, 15) is 27.2 Å². The van der Waals surface area contributed by atoms with Gasteiger partial charge in [0.25, 0.3) is 5.91 Å². The molecule has 5 rings (SSSR count). The lowest BCUT2D eigenvalue weighted by molar-refractivity contribution is -0.137. The fourth-order valence-corrected chi connectivity index (χ4v) is 5.28. The molecule has 2 amide bonds. The van der Waals surface area contributed by atoms with Gasteiger partial charge in [-0.25, -0.2) is 19.3 Å². The lowest BCUT2D eigenvalue weighted by Crippen LogP contribution is -2.54. The number of hydrogen-bond donors (Lipinski definition) is 0. The normalized spacial score (nSPS) is 21.0. The highest BCUT2D eigenvalue weighted by molar-refractivity contribution is 6.01. The van der Waals surface area contributed by atoms with Crippen LogP contribution in [-0.4, -0.2) is 50.3 Å². The molecule has 36 heavy (non-hydrogen) atoms. The predicted octanol–water partition coefficient (Wildman–Crippen LogP) is 4.35. The Balaban J connectivity index is 1.46. The number of piperidine rings is 1. The van der Waals surface area contributed by atoms with Crippen molar-refractivity contribution in [2.45, 2.75) is 38.0 Å². The van der Waals surface area contributed by atoms with Crippen LogP contribution >= 0.6 is 0 Å². The van der Waals surface area contributed by atoms with Gasteiger partial charge in [-0.15, -0.1) is 0 Å². The quantitative estimate of drug-likeness (QED) is 0.499. The van der Waals surface area contributed by atoms with Gasteiger partial charge in [0.2, 0.25) is 5.91 Å². The van der Waals surface area contributed by atoms with Crippen LogP contribution < -0.4 is 4.90 Å². The molecule has 7 nitrogen and oxygen atoms in total. The number of anilines is 1. The molecule has 3 aromatic rings. The number of likely N-dealkylation sites (tertiary alicyclic amines) is 1. The van der Waals surface area contributed by atoms with Crippen LogP contribution in [0.1, 0.15) is 35.7 Å². The summed E-state index contributed by atoms with van der Waals surface area (Å²) in [7, 11) is 0. The van der Waals surface area contributed by atoms with Gasteiger partial charge < -0.3 is 4.90 Å². The van der Waals surface area contributed by atoms with Crippen LogP contribution in [0.25, 0.3) is 11.4 Å². The second kappa shape index (κ2) is 8.96. The van der Waals surface area contributed by atoms with Crippen LogP contribution in [-0.2, 0) is 11.0 Å².